The number of halogens is 2. The minimum atomic E-state index is -3.64. The van der Waals surface area contributed by atoms with Crippen LogP contribution >= 0.6 is 11.6 Å². The second kappa shape index (κ2) is 12.5. The Morgan fingerprint density at radius 1 is 1.14 bits per heavy atom. The number of carbonyl (C=O) groups excluding carboxylic acids is 2. The lowest BCUT2D eigenvalue weighted by atomic mass is 10.1. The first-order valence-corrected chi connectivity index (χ1v) is 14.3. The highest BCUT2D eigenvalue weighted by atomic mass is 35.5. The van der Waals surface area contributed by atoms with E-state index in [1.54, 1.807) is 25.1 Å². The topological polar surface area (TPSA) is 86.8 Å². The maximum Gasteiger partial charge on any atom is 0.242 e. The van der Waals surface area contributed by atoms with E-state index < -0.39 is 21.9 Å². The quantitative estimate of drug-likeness (QED) is 0.457. The van der Waals surface area contributed by atoms with Crippen LogP contribution in [0.1, 0.15) is 51.0 Å². The average Bonchev–Trinajstić information content (AvgIpc) is 3.33. The van der Waals surface area contributed by atoms with Crippen molar-refractivity contribution < 1.29 is 22.4 Å². The van der Waals surface area contributed by atoms with Crippen molar-refractivity contribution in [1.29, 1.82) is 0 Å². The lowest BCUT2D eigenvalue weighted by molar-refractivity contribution is -0.141. The van der Waals surface area contributed by atoms with Crippen molar-refractivity contribution in [2.24, 2.45) is 0 Å². The fourth-order valence-electron chi connectivity index (χ4n) is 4.42. The van der Waals surface area contributed by atoms with Gasteiger partial charge in [0, 0.05) is 30.6 Å². The lowest BCUT2D eigenvalue weighted by Crippen LogP contribution is -2.49. The number of nitrogens with one attached hydrogen (secondary N) is 1. The zero-order valence-corrected chi connectivity index (χ0v) is 22.2. The van der Waals surface area contributed by atoms with E-state index in [4.69, 9.17) is 11.6 Å². The highest BCUT2D eigenvalue weighted by molar-refractivity contribution is 7.92. The van der Waals surface area contributed by atoms with Crippen LogP contribution in [0.2, 0.25) is 5.02 Å². The lowest BCUT2D eigenvalue weighted by Gasteiger charge is -2.30. The van der Waals surface area contributed by atoms with Gasteiger partial charge in [-0.2, -0.15) is 0 Å². The Morgan fingerprint density at radius 3 is 2.42 bits per heavy atom. The fourth-order valence-corrected chi connectivity index (χ4v) is 5.60. The number of nitrogens with zero attached hydrogens (tertiary/aromatic N) is 2. The first-order valence-electron chi connectivity index (χ1n) is 12.1. The molecule has 1 N–H and O–H groups in total. The summed E-state index contributed by atoms with van der Waals surface area (Å²) >= 11 is 6.12. The zero-order valence-electron chi connectivity index (χ0n) is 20.6. The number of carbonyl (C=O) groups is 2. The minimum absolute atomic E-state index is 0.0365. The molecule has 3 rings (SSSR count). The van der Waals surface area contributed by atoms with Crippen LogP contribution in [0.3, 0.4) is 0 Å². The van der Waals surface area contributed by atoms with Crippen molar-refractivity contribution in [3.05, 3.63) is 64.9 Å². The molecule has 2 aromatic rings. The first kappa shape index (κ1) is 27.9. The van der Waals surface area contributed by atoms with E-state index >= 15 is 0 Å². The van der Waals surface area contributed by atoms with Gasteiger partial charge in [0.05, 0.1) is 11.9 Å². The highest BCUT2D eigenvalue weighted by Crippen LogP contribution is 2.21. The fraction of sp³-hybridized carbons (Fsp3) is 0.462. The van der Waals surface area contributed by atoms with Crippen LogP contribution in [-0.4, -0.2) is 50.0 Å². The highest BCUT2D eigenvalue weighted by Gasteiger charge is 2.28. The summed E-state index contributed by atoms with van der Waals surface area (Å²) in [6.07, 6.45) is 5.36. The second-order valence-corrected chi connectivity index (χ2v) is 11.6. The predicted molar refractivity (Wildman–Crippen MR) is 140 cm³/mol. The third-order valence-electron chi connectivity index (χ3n) is 6.38. The third kappa shape index (κ3) is 7.93. The molecule has 1 saturated carbocycles. The average molecular weight is 538 g/mol. The van der Waals surface area contributed by atoms with Gasteiger partial charge in [0.25, 0.3) is 0 Å². The van der Waals surface area contributed by atoms with Gasteiger partial charge >= 0.3 is 0 Å². The molecule has 0 spiro atoms. The van der Waals surface area contributed by atoms with E-state index in [9.17, 15) is 22.4 Å². The maximum absolute atomic E-state index is 13.3. The number of sulfonamides is 1. The number of amides is 2. The summed E-state index contributed by atoms with van der Waals surface area (Å²) in [6.45, 7) is 1.95. The third-order valence-corrected chi connectivity index (χ3v) is 7.81. The SMILES string of the molecule is C[C@H](C(=O)NC1CCCC1)N(Cc1cccc(Cl)c1)C(=O)CCCN(c1ccc(F)cc1)S(C)(=O)=O. The van der Waals surface area contributed by atoms with Crippen LogP contribution in [0, 0.1) is 5.82 Å². The molecule has 0 aliphatic heterocycles. The molecular weight excluding hydrogens is 505 g/mol. The standard InChI is InChI=1S/C26H33ClFN3O4S/c1-19(26(33)29-23-9-3-4-10-23)30(18-20-7-5-8-21(27)17-20)25(32)11-6-16-31(36(2,34)35)24-14-12-22(28)13-15-24/h5,7-8,12-15,17,19,23H,3-4,6,9-11,16,18H2,1-2H3,(H,29,33)/t19-/m1/s1. The molecule has 0 unspecified atom stereocenters. The maximum atomic E-state index is 13.3. The Bertz CT molecular complexity index is 1150. The van der Waals surface area contributed by atoms with Gasteiger partial charge in [0.15, 0.2) is 0 Å². The number of rotatable bonds is 11. The molecule has 36 heavy (non-hydrogen) atoms. The van der Waals surface area contributed by atoms with Crippen molar-refractivity contribution in [2.75, 3.05) is 17.1 Å². The summed E-state index contributed by atoms with van der Waals surface area (Å²) in [7, 11) is -3.64. The summed E-state index contributed by atoms with van der Waals surface area (Å²) in [5, 5.41) is 3.59. The number of benzene rings is 2. The van der Waals surface area contributed by atoms with Crippen molar-refractivity contribution >= 4 is 39.1 Å². The van der Waals surface area contributed by atoms with E-state index in [1.807, 2.05) is 6.07 Å². The number of hydrogen-bond donors (Lipinski definition) is 1. The second-order valence-electron chi connectivity index (χ2n) is 9.23. The molecular formula is C26H33ClFN3O4S. The Kier molecular flexibility index (Phi) is 9.73. The van der Waals surface area contributed by atoms with Gasteiger partial charge in [-0.05, 0) is 68.1 Å². The number of anilines is 1. The van der Waals surface area contributed by atoms with Gasteiger partial charge in [0.1, 0.15) is 11.9 Å². The Balaban J connectivity index is 1.71. The van der Waals surface area contributed by atoms with Gasteiger partial charge < -0.3 is 10.2 Å². The Morgan fingerprint density at radius 2 is 1.81 bits per heavy atom. The largest absolute Gasteiger partial charge is 0.352 e. The molecule has 10 heteroatoms. The molecule has 0 radical (unpaired) electrons. The van der Waals surface area contributed by atoms with Crippen LogP contribution in [-0.2, 0) is 26.2 Å². The van der Waals surface area contributed by atoms with Crippen molar-refractivity contribution in [2.45, 2.75) is 64.1 Å². The van der Waals surface area contributed by atoms with Crippen LogP contribution in [0.4, 0.5) is 10.1 Å². The van der Waals surface area contributed by atoms with Gasteiger partial charge in [-0.3, -0.25) is 13.9 Å². The molecule has 0 saturated heterocycles. The predicted octanol–water partition coefficient (Wildman–Crippen LogP) is 4.50. The molecule has 7 nitrogen and oxygen atoms in total. The van der Waals surface area contributed by atoms with E-state index in [2.05, 4.69) is 5.32 Å². The molecule has 0 heterocycles. The first-order chi connectivity index (χ1) is 17.0. The van der Waals surface area contributed by atoms with Crippen molar-refractivity contribution in [1.82, 2.24) is 10.2 Å². The molecule has 2 aromatic carbocycles. The number of hydrogen-bond acceptors (Lipinski definition) is 4. The Labute approximate surface area is 217 Å². The molecule has 0 bridgehead atoms. The monoisotopic (exact) mass is 537 g/mol. The normalized spacial score (nSPS) is 14.9. The van der Waals surface area contributed by atoms with Crippen LogP contribution < -0.4 is 9.62 Å². The van der Waals surface area contributed by atoms with E-state index in [0.29, 0.717) is 10.7 Å². The van der Waals surface area contributed by atoms with Crippen molar-refractivity contribution in [3.63, 3.8) is 0 Å². The van der Waals surface area contributed by atoms with E-state index in [-0.39, 0.29) is 43.8 Å². The van der Waals surface area contributed by atoms with Crippen LogP contribution in [0.15, 0.2) is 48.5 Å². The van der Waals surface area contributed by atoms with Crippen molar-refractivity contribution in [3.8, 4) is 0 Å². The molecule has 1 atom stereocenters. The molecule has 1 aliphatic rings. The molecule has 2 amide bonds. The minimum Gasteiger partial charge on any atom is -0.352 e. The van der Waals surface area contributed by atoms with Crippen LogP contribution in [0.25, 0.3) is 0 Å². The molecule has 196 valence electrons. The van der Waals surface area contributed by atoms with Gasteiger partial charge in [-0.25, -0.2) is 12.8 Å². The smallest absolute Gasteiger partial charge is 0.242 e. The van der Waals surface area contributed by atoms with Gasteiger partial charge in [-0.1, -0.05) is 36.6 Å². The van der Waals surface area contributed by atoms with Gasteiger partial charge in [0.2, 0.25) is 21.8 Å². The Hall–Kier alpha value is -2.65. The summed E-state index contributed by atoms with van der Waals surface area (Å²) in [5.74, 6) is -0.943. The summed E-state index contributed by atoms with van der Waals surface area (Å²) < 4.78 is 39.1. The van der Waals surface area contributed by atoms with E-state index in [1.165, 1.54) is 29.2 Å². The van der Waals surface area contributed by atoms with E-state index in [0.717, 1.165) is 41.8 Å². The molecule has 0 aromatic heterocycles. The summed E-state index contributed by atoms with van der Waals surface area (Å²) in [4.78, 5) is 27.8. The molecule has 1 fully saturated rings. The summed E-state index contributed by atoms with van der Waals surface area (Å²) in [5.41, 5.74) is 1.12. The van der Waals surface area contributed by atoms with Gasteiger partial charge in [-0.15, -0.1) is 0 Å². The molecule has 1 aliphatic carbocycles. The zero-order chi connectivity index (χ0) is 26.3. The van der Waals surface area contributed by atoms with Crippen LogP contribution in [0.5, 0.6) is 0 Å². The summed E-state index contributed by atoms with van der Waals surface area (Å²) in [6, 6.07) is 11.7.